The number of benzene rings is 1. The fourth-order valence-corrected chi connectivity index (χ4v) is 4.03. The summed E-state index contributed by atoms with van der Waals surface area (Å²) in [7, 11) is 0. The molecule has 5 heteroatoms. The first-order valence-electron chi connectivity index (χ1n) is 7.77. The van der Waals surface area contributed by atoms with Gasteiger partial charge in [-0.2, -0.15) is 5.26 Å². The number of rotatable bonds is 5. The zero-order valence-electron chi connectivity index (χ0n) is 13.0. The first-order chi connectivity index (χ1) is 11.0. The van der Waals surface area contributed by atoms with E-state index in [1.807, 2.05) is 37.3 Å². The molecule has 2 aliphatic carbocycles. The van der Waals surface area contributed by atoms with Crippen LogP contribution >= 0.6 is 0 Å². The molecular weight excluding hydrogens is 292 g/mol. The smallest absolute Gasteiger partial charge is 0.314 e. The van der Waals surface area contributed by atoms with Gasteiger partial charge in [-0.25, -0.2) is 0 Å². The summed E-state index contributed by atoms with van der Waals surface area (Å²) < 4.78 is 4.85. The Morgan fingerprint density at radius 1 is 1.57 bits per heavy atom. The van der Waals surface area contributed by atoms with Gasteiger partial charge in [0.2, 0.25) is 0 Å². The first-order valence-corrected chi connectivity index (χ1v) is 7.77. The van der Waals surface area contributed by atoms with Crippen LogP contribution in [0.3, 0.4) is 0 Å². The minimum Gasteiger partial charge on any atom is -0.435 e. The molecule has 0 amide bonds. The molecule has 0 spiro atoms. The van der Waals surface area contributed by atoms with Crippen molar-refractivity contribution in [2.75, 3.05) is 0 Å². The zero-order valence-corrected chi connectivity index (χ0v) is 13.0. The largest absolute Gasteiger partial charge is 0.435 e. The molecule has 2 fully saturated rings. The molecule has 5 nitrogen and oxygen atoms in total. The summed E-state index contributed by atoms with van der Waals surface area (Å²) in [6, 6.07) is 12.1. The van der Waals surface area contributed by atoms with Crippen LogP contribution in [0.5, 0.6) is 0 Å². The van der Waals surface area contributed by atoms with E-state index in [9.17, 15) is 15.2 Å². The second-order valence-electron chi connectivity index (χ2n) is 6.36. The van der Waals surface area contributed by atoms with Crippen LogP contribution in [0.15, 0.2) is 43.2 Å². The van der Waals surface area contributed by atoms with Crippen LogP contribution in [-0.2, 0) is 9.53 Å². The van der Waals surface area contributed by atoms with Gasteiger partial charge in [0.15, 0.2) is 0 Å². The van der Waals surface area contributed by atoms with Gasteiger partial charge >= 0.3 is 5.97 Å². The third-order valence-corrected chi connectivity index (χ3v) is 5.06. The topological polar surface area (TPSA) is 82.4 Å². The summed E-state index contributed by atoms with van der Waals surface area (Å²) in [4.78, 5) is 12.0. The summed E-state index contributed by atoms with van der Waals surface area (Å²) in [6.07, 6.45) is 0.752. The molecule has 0 radical (unpaired) electrons. The van der Waals surface area contributed by atoms with Gasteiger partial charge < -0.3 is 9.84 Å². The number of nitrogens with zero attached hydrogens (tertiary/aromatic N) is 1. The average molecular weight is 312 g/mol. The number of nitriles is 1. The molecule has 2 N–H and O–H groups in total. The monoisotopic (exact) mass is 312 g/mol. The van der Waals surface area contributed by atoms with Crippen molar-refractivity contribution < 1.29 is 14.6 Å². The molecule has 0 heterocycles. The Balaban J connectivity index is 1.80. The summed E-state index contributed by atoms with van der Waals surface area (Å²) in [5, 5.41) is 23.4. The highest BCUT2D eigenvalue weighted by molar-refractivity contribution is 5.78. The maximum absolute atomic E-state index is 12.0. The van der Waals surface area contributed by atoms with Gasteiger partial charge in [0.25, 0.3) is 0 Å². The summed E-state index contributed by atoms with van der Waals surface area (Å²) >= 11 is 0. The van der Waals surface area contributed by atoms with E-state index < -0.39 is 23.5 Å². The summed E-state index contributed by atoms with van der Waals surface area (Å²) in [5.74, 6) is -1.28. The number of hydrogen-bond donors (Lipinski definition) is 2. The fraction of sp³-hybridized carbons (Fsp3) is 0.444. The Morgan fingerprint density at radius 2 is 2.26 bits per heavy atom. The predicted molar refractivity (Wildman–Crippen MR) is 83.7 cm³/mol. The van der Waals surface area contributed by atoms with Crippen molar-refractivity contribution >= 4 is 5.97 Å². The Kier molecular flexibility index (Phi) is 3.97. The third-order valence-electron chi connectivity index (χ3n) is 5.06. The lowest BCUT2D eigenvalue weighted by Crippen LogP contribution is -2.48. The normalized spacial score (nSPS) is 35.7. The van der Waals surface area contributed by atoms with Gasteiger partial charge in [-0.15, -0.1) is 0 Å². The minimum absolute atomic E-state index is 0.0570. The molecule has 3 rings (SSSR count). The Hall–Kier alpha value is -2.16. The average Bonchev–Trinajstić information content (AvgIpc) is 3.25. The van der Waals surface area contributed by atoms with Gasteiger partial charge in [0.1, 0.15) is 5.54 Å². The van der Waals surface area contributed by atoms with Crippen LogP contribution in [-0.4, -0.2) is 22.7 Å². The minimum atomic E-state index is -0.913. The molecule has 2 aliphatic rings. The van der Waals surface area contributed by atoms with Crippen LogP contribution in [0.1, 0.15) is 24.9 Å². The number of ether oxygens (including phenoxy) is 1. The highest BCUT2D eigenvalue weighted by Crippen LogP contribution is 2.62. The SMILES string of the molecule is C=COC(=O)[C@H]1[C@H]2[C@@H]1[C@@](C#N)(N[C@H](C)c1ccccc1)C[C@@H]2O. The van der Waals surface area contributed by atoms with E-state index in [0.29, 0.717) is 6.42 Å². The Labute approximate surface area is 135 Å². The molecule has 0 aliphatic heterocycles. The highest BCUT2D eigenvalue weighted by atomic mass is 16.5. The first kappa shape index (κ1) is 15.7. The number of aliphatic hydroxyl groups is 1. The van der Waals surface area contributed by atoms with E-state index >= 15 is 0 Å². The van der Waals surface area contributed by atoms with Crippen molar-refractivity contribution in [3.05, 3.63) is 48.7 Å². The molecule has 0 unspecified atom stereocenters. The molecule has 6 atom stereocenters. The zero-order chi connectivity index (χ0) is 16.6. The van der Waals surface area contributed by atoms with Gasteiger partial charge in [-0.05, 0) is 12.5 Å². The summed E-state index contributed by atoms with van der Waals surface area (Å²) in [6.45, 7) is 5.36. The standard InChI is InChI=1S/C18H20N2O3/c1-3-23-17(22)15-14-13(21)9-18(10-19,16(14)15)20-11(2)12-7-5-4-6-8-12/h3-8,11,13-16,20-21H,1,9H2,2H3/t11-,13+,14+,15+,16+,18-/m1/s1. The Morgan fingerprint density at radius 3 is 2.87 bits per heavy atom. The highest BCUT2D eigenvalue weighted by Gasteiger charge is 2.73. The molecule has 0 saturated heterocycles. The Bertz CT molecular complexity index is 654. The number of carbonyl (C=O) groups excluding carboxylic acids is 1. The van der Waals surface area contributed by atoms with E-state index in [2.05, 4.69) is 18.0 Å². The maximum atomic E-state index is 12.0. The lowest BCUT2D eigenvalue weighted by atomic mass is 9.89. The number of aliphatic hydroxyl groups excluding tert-OH is 1. The molecule has 23 heavy (non-hydrogen) atoms. The van der Waals surface area contributed by atoms with Crippen LogP contribution < -0.4 is 5.32 Å². The number of esters is 1. The van der Waals surface area contributed by atoms with E-state index in [4.69, 9.17) is 4.74 Å². The third kappa shape index (κ3) is 2.54. The van der Waals surface area contributed by atoms with Gasteiger partial charge in [0, 0.05) is 24.3 Å². The van der Waals surface area contributed by atoms with Crippen molar-refractivity contribution in [1.82, 2.24) is 5.32 Å². The molecule has 2 saturated carbocycles. The van der Waals surface area contributed by atoms with E-state index in [1.165, 1.54) is 0 Å². The van der Waals surface area contributed by atoms with Crippen molar-refractivity contribution in [3.63, 3.8) is 0 Å². The quantitative estimate of drug-likeness (QED) is 0.641. The van der Waals surface area contributed by atoms with Gasteiger partial charge in [0.05, 0.1) is 24.4 Å². The van der Waals surface area contributed by atoms with Crippen LogP contribution in [0, 0.1) is 29.1 Å². The van der Waals surface area contributed by atoms with Crippen LogP contribution in [0.2, 0.25) is 0 Å². The molecule has 0 aromatic heterocycles. The second kappa shape index (κ2) is 5.80. The van der Waals surface area contributed by atoms with Crippen LogP contribution in [0.25, 0.3) is 0 Å². The van der Waals surface area contributed by atoms with Crippen LogP contribution in [0.4, 0.5) is 0 Å². The predicted octanol–water partition coefficient (Wildman–Crippen LogP) is 1.91. The number of carbonyl (C=O) groups is 1. The lowest BCUT2D eigenvalue weighted by molar-refractivity contribution is -0.141. The number of fused-ring (bicyclic) bond motifs is 1. The van der Waals surface area contributed by atoms with Gasteiger partial charge in [-0.3, -0.25) is 10.1 Å². The molecule has 120 valence electrons. The molecular formula is C18H20N2O3. The second-order valence-corrected chi connectivity index (χ2v) is 6.36. The van der Waals surface area contributed by atoms with E-state index in [0.717, 1.165) is 11.8 Å². The van der Waals surface area contributed by atoms with Gasteiger partial charge in [-0.1, -0.05) is 36.9 Å². The fourth-order valence-electron chi connectivity index (χ4n) is 4.03. The summed E-state index contributed by atoms with van der Waals surface area (Å²) in [5.41, 5.74) is 0.149. The van der Waals surface area contributed by atoms with Crippen molar-refractivity contribution in [2.45, 2.75) is 31.0 Å². The van der Waals surface area contributed by atoms with E-state index in [1.54, 1.807) is 0 Å². The molecule has 0 bridgehead atoms. The molecule has 1 aromatic rings. The maximum Gasteiger partial charge on any atom is 0.314 e. The van der Waals surface area contributed by atoms with Crippen molar-refractivity contribution in [1.29, 1.82) is 5.26 Å². The van der Waals surface area contributed by atoms with E-state index in [-0.39, 0.29) is 17.9 Å². The number of nitrogens with one attached hydrogen (secondary N) is 1. The van der Waals surface area contributed by atoms with Crippen molar-refractivity contribution in [3.8, 4) is 6.07 Å². The molecule has 1 aromatic carbocycles. The lowest BCUT2D eigenvalue weighted by Gasteiger charge is -2.30. The van der Waals surface area contributed by atoms with Crippen molar-refractivity contribution in [2.24, 2.45) is 17.8 Å². The number of hydrogen-bond acceptors (Lipinski definition) is 5.